The third kappa shape index (κ3) is 6.67. The third-order valence-corrected chi connectivity index (χ3v) is 5.94. The Bertz CT molecular complexity index is 986. The molecular formula is C24H27N3O3S. The molecule has 0 aliphatic rings. The fraction of sp³-hybridized carbons (Fsp3) is 0.250. The molecule has 1 aromatic heterocycles. The molecule has 2 amide bonds. The largest absolute Gasteiger partial charge is 0.497 e. The second-order valence-electron chi connectivity index (χ2n) is 7.38. The zero-order chi connectivity index (χ0) is 22.2. The Morgan fingerprint density at radius 1 is 1.10 bits per heavy atom. The summed E-state index contributed by atoms with van der Waals surface area (Å²) in [6.07, 6.45) is 0.869. The summed E-state index contributed by atoms with van der Waals surface area (Å²) in [4.78, 5) is 27.4. The van der Waals surface area contributed by atoms with Gasteiger partial charge in [-0.25, -0.2) is 0 Å². The SMILES string of the molecule is COc1ccc(CN(CC(=O)Nc2ccc(C(N)=O)cc2)C(C)Cc2cccs2)cc1. The molecule has 0 saturated carbocycles. The Hall–Kier alpha value is -3.16. The molecule has 1 unspecified atom stereocenters. The molecule has 0 spiro atoms. The van der Waals surface area contributed by atoms with Crippen molar-refractivity contribution in [1.82, 2.24) is 4.90 Å². The first-order chi connectivity index (χ1) is 14.9. The number of nitrogens with one attached hydrogen (secondary N) is 1. The molecule has 0 aliphatic carbocycles. The van der Waals surface area contributed by atoms with Crippen LogP contribution in [-0.2, 0) is 17.8 Å². The standard InChI is InChI=1S/C24H27N3O3S/c1-17(14-22-4-3-13-31-22)27(15-18-5-11-21(30-2)12-6-18)16-23(28)26-20-9-7-19(8-10-20)24(25)29/h3-13,17H,14-16H2,1-2H3,(H2,25,29)(H,26,28). The van der Waals surface area contributed by atoms with Crippen LogP contribution in [0.5, 0.6) is 5.75 Å². The van der Waals surface area contributed by atoms with Gasteiger partial charge in [0.05, 0.1) is 13.7 Å². The Morgan fingerprint density at radius 2 is 1.81 bits per heavy atom. The molecule has 1 atom stereocenters. The number of hydrogen-bond donors (Lipinski definition) is 2. The summed E-state index contributed by atoms with van der Waals surface area (Å²) in [6, 6.07) is 18.8. The quantitative estimate of drug-likeness (QED) is 0.503. The van der Waals surface area contributed by atoms with Gasteiger partial charge in [0.15, 0.2) is 0 Å². The fourth-order valence-corrected chi connectivity index (χ4v) is 4.11. The van der Waals surface area contributed by atoms with E-state index in [1.807, 2.05) is 30.3 Å². The number of hydrogen-bond acceptors (Lipinski definition) is 5. The van der Waals surface area contributed by atoms with E-state index in [9.17, 15) is 9.59 Å². The summed E-state index contributed by atoms with van der Waals surface area (Å²) < 4.78 is 5.24. The summed E-state index contributed by atoms with van der Waals surface area (Å²) in [6.45, 7) is 3.03. The monoisotopic (exact) mass is 437 g/mol. The number of thiophene rings is 1. The highest BCUT2D eigenvalue weighted by atomic mass is 32.1. The highest BCUT2D eigenvalue weighted by Gasteiger charge is 2.19. The van der Waals surface area contributed by atoms with Crippen molar-refractivity contribution in [2.45, 2.75) is 25.9 Å². The molecule has 0 radical (unpaired) electrons. The number of primary amides is 1. The highest BCUT2D eigenvalue weighted by molar-refractivity contribution is 7.09. The summed E-state index contributed by atoms with van der Waals surface area (Å²) in [5.74, 6) is 0.198. The molecule has 0 saturated heterocycles. The number of ether oxygens (including phenoxy) is 1. The normalized spacial score (nSPS) is 11.8. The van der Waals surface area contributed by atoms with Crippen LogP contribution >= 0.6 is 11.3 Å². The molecule has 162 valence electrons. The zero-order valence-corrected chi connectivity index (χ0v) is 18.5. The predicted octanol–water partition coefficient (Wildman–Crippen LogP) is 3.93. The predicted molar refractivity (Wildman–Crippen MR) is 124 cm³/mol. The van der Waals surface area contributed by atoms with Gasteiger partial charge in [0.25, 0.3) is 0 Å². The van der Waals surface area contributed by atoms with E-state index in [1.165, 1.54) is 4.88 Å². The van der Waals surface area contributed by atoms with Gasteiger partial charge in [-0.05, 0) is 66.8 Å². The molecule has 0 aliphatic heterocycles. The number of carbonyl (C=O) groups excluding carboxylic acids is 2. The van der Waals surface area contributed by atoms with Gasteiger partial charge in [-0.15, -0.1) is 11.3 Å². The average Bonchev–Trinajstić information content (AvgIpc) is 3.27. The number of carbonyl (C=O) groups is 2. The van der Waals surface area contributed by atoms with E-state index in [0.717, 1.165) is 17.7 Å². The average molecular weight is 438 g/mol. The molecule has 3 rings (SSSR count). The third-order valence-electron chi connectivity index (χ3n) is 5.04. The first kappa shape index (κ1) is 22.5. The van der Waals surface area contributed by atoms with E-state index in [-0.39, 0.29) is 18.5 Å². The van der Waals surface area contributed by atoms with Gasteiger partial charge in [-0.2, -0.15) is 0 Å². The van der Waals surface area contributed by atoms with Crippen molar-refractivity contribution >= 4 is 28.8 Å². The molecule has 2 aromatic carbocycles. The van der Waals surface area contributed by atoms with Crippen LogP contribution in [0.3, 0.4) is 0 Å². The maximum atomic E-state index is 12.8. The number of nitrogens with two attached hydrogens (primary N) is 1. The van der Waals surface area contributed by atoms with Gasteiger partial charge in [0.2, 0.25) is 11.8 Å². The van der Waals surface area contributed by atoms with Crippen molar-refractivity contribution in [3.05, 3.63) is 82.0 Å². The van der Waals surface area contributed by atoms with Crippen LogP contribution in [0.15, 0.2) is 66.0 Å². The lowest BCUT2D eigenvalue weighted by molar-refractivity contribution is -0.118. The molecule has 6 nitrogen and oxygen atoms in total. The van der Waals surface area contributed by atoms with E-state index < -0.39 is 5.91 Å². The van der Waals surface area contributed by atoms with Gasteiger partial charge in [0.1, 0.15) is 5.75 Å². The van der Waals surface area contributed by atoms with Crippen LogP contribution in [0, 0.1) is 0 Å². The molecular weight excluding hydrogens is 410 g/mol. The summed E-state index contributed by atoms with van der Waals surface area (Å²) >= 11 is 1.72. The minimum Gasteiger partial charge on any atom is -0.497 e. The van der Waals surface area contributed by atoms with Crippen molar-refractivity contribution in [2.24, 2.45) is 5.73 Å². The first-order valence-corrected chi connectivity index (χ1v) is 10.9. The lowest BCUT2D eigenvalue weighted by Crippen LogP contribution is -2.40. The molecule has 3 N–H and O–H groups in total. The van der Waals surface area contributed by atoms with Crippen LogP contribution in [-0.4, -0.2) is 36.4 Å². The van der Waals surface area contributed by atoms with E-state index >= 15 is 0 Å². The van der Waals surface area contributed by atoms with E-state index in [0.29, 0.717) is 17.8 Å². The van der Waals surface area contributed by atoms with Crippen molar-refractivity contribution in [2.75, 3.05) is 19.0 Å². The topological polar surface area (TPSA) is 84.7 Å². The maximum Gasteiger partial charge on any atom is 0.248 e. The van der Waals surface area contributed by atoms with Crippen LogP contribution in [0.2, 0.25) is 0 Å². The van der Waals surface area contributed by atoms with Gasteiger partial charge >= 0.3 is 0 Å². The van der Waals surface area contributed by atoms with Crippen LogP contribution in [0.1, 0.15) is 27.7 Å². The fourth-order valence-electron chi connectivity index (χ4n) is 3.28. The lowest BCUT2D eigenvalue weighted by atomic mass is 10.1. The van der Waals surface area contributed by atoms with Crippen LogP contribution in [0.4, 0.5) is 5.69 Å². The minimum atomic E-state index is -0.494. The van der Waals surface area contributed by atoms with Gasteiger partial charge < -0.3 is 15.8 Å². The second-order valence-corrected chi connectivity index (χ2v) is 8.41. The molecule has 7 heteroatoms. The molecule has 0 bridgehead atoms. The van der Waals surface area contributed by atoms with Crippen molar-refractivity contribution in [3.63, 3.8) is 0 Å². The second kappa shape index (κ2) is 10.7. The lowest BCUT2D eigenvalue weighted by Gasteiger charge is -2.28. The summed E-state index contributed by atoms with van der Waals surface area (Å²) in [5.41, 5.74) is 7.42. The minimum absolute atomic E-state index is 0.113. The van der Waals surface area contributed by atoms with Crippen molar-refractivity contribution in [3.8, 4) is 5.75 Å². The van der Waals surface area contributed by atoms with E-state index in [1.54, 1.807) is 42.7 Å². The van der Waals surface area contributed by atoms with E-state index in [4.69, 9.17) is 10.5 Å². The Balaban J connectivity index is 1.69. The summed E-state index contributed by atoms with van der Waals surface area (Å²) in [5, 5.41) is 4.97. The van der Waals surface area contributed by atoms with Crippen LogP contribution in [0.25, 0.3) is 0 Å². The Morgan fingerprint density at radius 3 is 2.39 bits per heavy atom. The number of nitrogens with zero attached hydrogens (tertiary/aromatic N) is 1. The van der Waals surface area contributed by atoms with Gasteiger partial charge in [-0.1, -0.05) is 18.2 Å². The Labute approximate surface area is 186 Å². The van der Waals surface area contributed by atoms with Gasteiger partial charge in [0, 0.05) is 28.7 Å². The number of rotatable bonds is 10. The van der Waals surface area contributed by atoms with E-state index in [2.05, 4.69) is 28.6 Å². The first-order valence-electron chi connectivity index (χ1n) is 10.0. The van der Waals surface area contributed by atoms with Gasteiger partial charge in [-0.3, -0.25) is 14.5 Å². The highest BCUT2D eigenvalue weighted by Crippen LogP contribution is 2.18. The molecule has 1 heterocycles. The Kier molecular flexibility index (Phi) is 7.81. The molecule has 0 fully saturated rings. The zero-order valence-electron chi connectivity index (χ0n) is 17.7. The summed E-state index contributed by atoms with van der Waals surface area (Å²) in [7, 11) is 1.64. The molecule has 3 aromatic rings. The maximum absolute atomic E-state index is 12.8. The van der Waals surface area contributed by atoms with Crippen molar-refractivity contribution < 1.29 is 14.3 Å². The van der Waals surface area contributed by atoms with Crippen molar-refractivity contribution in [1.29, 1.82) is 0 Å². The van der Waals surface area contributed by atoms with Crippen LogP contribution < -0.4 is 15.8 Å². The smallest absolute Gasteiger partial charge is 0.248 e. The number of anilines is 1. The number of amides is 2. The molecule has 31 heavy (non-hydrogen) atoms. The number of benzene rings is 2. The number of methoxy groups -OCH3 is 1.